The van der Waals surface area contributed by atoms with Gasteiger partial charge in [-0.25, -0.2) is 0 Å². The molecular weight excluding hydrogens is 408 g/mol. The molecule has 2 fully saturated rings. The number of rotatable bonds is 1. The number of fused-ring (bicyclic) bond motifs is 2. The molecule has 3 aliphatic rings. The molecule has 5 rings (SSSR count). The Hall–Kier alpha value is -1.99. The lowest BCUT2D eigenvalue weighted by atomic mass is 10.0. The Balaban J connectivity index is 1.36. The highest BCUT2D eigenvalue weighted by Gasteiger charge is 2.40. The van der Waals surface area contributed by atoms with Crippen LogP contribution in [0.5, 0.6) is 0 Å². The van der Waals surface area contributed by atoms with Gasteiger partial charge in [0.15, 0.2) is 5.79 Å². The van der Waals surface area contributed by atoms with Gasteiger partial charge in [0, 0.05) is 57.6 Å². The summed E-state index contributed by atoms with van der Waals surface area (Å²) in [5.41, 5.74) is 3.30. The third-order valence-corrected chi connectivity index (χ3v) is 7.01. The number of ether oxygens (including phenoxy) is 2. The maximum atomic E-state index is 13.1. The van der Waals surface area contributed by atoms with E-state index in [0.717, 1.165) is 26.7 Å². The standard InChI is InChI=1S/C22H21ClN2O3S/c1-14-17-13-16(23)3-5-19(17)29-20-4-2-15(12-18(20)24-14)21(26)25-8-6-22(7-9-25)27-10-11-28-22/h2-5,12-13,24H,1,6-11H2. The molecule has 0 radical (unpaired) electrons. The van der Waals surface area contributed by atoms with Gasteiger partial charge in [-0.1, -0.05) is 29.9 Å². The fraction of sp³-hybridized carbons (Fsp3) is 0.318. The number of piperidine rings is 1. The van der Waals surface area contributed by atoms with Crippen molar-refractivity contribution in [1.82, 2.24) is 4.90 Å². The number of hydrogen-bond acceptors (Lipinski definition) is 5. The van der Waals surface area contributed by atoms with Gasteiger partial charge < -0.3 is 19.7 Å². The highest BCUT2D eigenvalue weighted by Crippen LogP contribution is 2.43. The van der Waals surface area contributed by atoms with Crippen LogP contribution in [0.2, 0.25) is 5.02 Å². The molecule has 150 valence electrons. The predicted molar refractivity (Wildman–Crippen MR) is 114 cm³/mol. The van der Waals surface area contributed by atoms with Crippen molar-refractivity contribution in [1.29, 1.82) is 0 Å². The van der Waals surface area contributed by atoms with Crippen molar-refractivity contribution in [3.63, 3.8) is 0 Å². The predicted octanol–water partition coefficient (Wildman–Crippen LogP) is 4.87. The van der Waals surface area contributed by atoms with Crippen molar-refractivity contribution in [2.24, 2.45) is 0 Å². The number of benzene rings is 2. The summed E-state index contributed by atoms with van der Waals surface area (Å²) in [6.45, 7) is 6.70. The number of carbonyl (C=O) groups excluding carboxylic acids is 1. The molecule has 3 aliphatic heterocycles. The van der Waals surface area contributed by atoms with Crippen LogP contribution in [0.3, 0.4) is 0 Å². The molecule has 1 amide bonds. The first-order chi connectivity index (χ1) is 14.0. The van der Waals surface area contributed by atoms with Crippen molar-refractivity contribution >= 4 is 40.7 Å². The quantitative estimate of drug-likeness (QED) is 0.702. The minimum Gasteiger partial charge on any atom is -0.355 e. The fourth-order valence-corrected chi connectivity index (χ4v) is 5.24. The van der Waals surface area contributed by atoms with Gasteiger partial charge in [-0.2, -0.15) is 0 Å². The lowest BCUT2D eigenvalue weighted by Gasteiger charge is -2.37. The third kappa shape index (κ3) is 3.55. The second-order valence-electron chi connectivity index (χ2n) is 7.46. The van der Waals surface area contributed by atoms with E-state index >= 15 is 0 Å². The van der Waals surface area contributed by atoms with Crippen LogP contribution in [0, 0.1) is 0 Å². The van der Waals surface area contributed by atoms with Crippen molar-refractivity contribution in [3.05, 3.63) is 59.1 Å². The fourth-order valence-electron chi connectivity index (χ4n) is 4.04. The van der Waals surface area contributed by atoms with Crippen molar-refractivity contribution in [3.8, 4) is 0 Å². The zero-order valence-electron chi connectivity index (χ0n) is 15.9. The topological polar surface area (TPSA) is 50.8 Å². The molecule has 2 saturated heterocycles. The number of nitrogens with zero attached hydrogens (tertiary/aromatic N) is 1. The van der Waals surface area contributed by atoms with E-state index in [9.17, 15) is 4.79 Å². The summed E-state index contributed by atoms with van der Waals surface area (Å²) in [5, 5.41) is 4.03. The number of amides is 1. The first-order valence-corrected chi connectivity index (χ1v) is 10.9. The van der Waals surface area contributed by atoms with Crippen LogP contribution < -0.4 is 5.32 Å². The van der Waals surface area contributed by atoms with Crippen LogP contribution >= 0.6 is 23.4 Å². The van der Waals surface area contributed by atoms with E-state index in [1.54, 1.807) is 11.8 Å². The molecule has 0 unspecified atom stereocenters. The Labute approximate surface area is 179 Å². The van der Waals surface area contributed by atoms with Crippen molar-refractivity contribution in [2.75, 3.05) is 31.6 Å². The first-order valence-electron chi connectivity index (χ1n) is 9.68. The van der Waals surface area contributed by atoms with Gasteiger partial charge in [0.2, 0.25) is 0 Å². The van der Waals surface area contributed by atoms with Crippen LogP contribution in [0.25, 0.3) is 5.70 Å². The summed E-state index contributed by atoms with van der Waals surface area (Å²) in [7, 11) is 0. The second kappa shape index (κ2) is 7.36. The molecule has 29 heavy (non-hydrogen) atoms. The normalized spacial score (nSPS) is 20.0. The van der Waals surface area contributed by atoms with Crippen LogP contribution in [0.1, 0.15) is 28.8 Å². The van der Waals surface area contributed by atoms with E-state index in [4.69, 9.17) is 21.1 Å². The molecule has 1 spiro atoms. The zero-order chi connectivity index (χ0) is 20.0. The van der Waals surface area contributed by atoms with Gasteiger partial charge in [0.05, 0.1) is 18.9 Å². The summed E-state index contributed by atoms with van der Waals surface area (Å²) in [5.74, 6) is -0.448. The Morgan fingerprint density at radius 1 is 1.10 bits per heavy atom. The number of hydrogen-bond donors (Lipinski definition) is 1. The van der Waals surface area contributed by atoms with Crippen LogP contribution in [-0.4, -0.2) is 42.9 Å². The van der Waals surface area contributed by atoms with Crippen molar-refractivity contribution in [2.45, 2.75) is 28.4 Å². The molecule has 0 bridgehead atoms. The van der Waals surface area contributed by atoms with Crippen LogP contribution in [0.15, 0.2) is 52.8 Å². The summed E-state index contributed by atoms with van der Waals surface area (Å²) in [6, 6.07) is 11.6. The largest absolute Gasteiger partial charge is 0.355 e. The molecule has 3 heterocycles. The third-order valence-electron chi connectivity index (χ3n) is 5.62. The number of halogens is 1. The Kier molecular flexibility index (Phi) is 4.82. The van der Waals surface area contributed by atoms with E-state index < -0.39 is 5.79 Å². The monoisotopic (exact) mass is 428 g/mol. The maximum Gasteiger partial charge on any atom is 0.253 e. The first kappa shape index (κ1) is 19.0. The lowest BCUT2D eigenvalue weighted by Crippen LogP contribution is -2.47. The van der Waals surface area contributed by atoms with Gasteiger partial charge in [-0.05, 0) is 36.4 Å². The van der Waals surface area contributed by atoms with Crippen LogP contribution in [-0.2, 0) is 9.47 Å². The Bertz CT molecular complexity index is 994. The summed E-state index contributed by atoms with van der Waals surface area (Å²) < 4.78 is 11.5. The molecule has 2 aromatic rings. The summed E-state index contributed by atoms with van der Waals surface area (Å²) in [4.78, 5) is 17.1. The minimum atomic E-state index is -0.479. The molecule has 5 nitrogen and oxygen atoms in total. The maximum absolute atomic E-state index is 13.1. The van der Waals surface area contributed by atoms with Gasteiger partial charge in [-0.15, -0.1) is 0 Å². The molecule has 0 aromatic heterocycles. The molecule has 0 aliphatic carbocycles. The SMILES string of the molecule is C=C1Nc2cc(C(=O)N3CCC4(CC3)OCCO4)ccc2Sc2ccc(Cl)cc21. The van der Waals surface area contributed by atoms with E-state index in [1.807, 2.05) is 41.3 Å². The van der Waals surface area contributed by atoms with E-state index in [-0.39, 0.29) is 5.91 Å². The highest BCUT2D eigenvalue weighted by atomic mass is 35.5. The number of likely N-dealkylation sites (tertiary alicyclic amines) is 1. The smallest absolute Gasteiger partial charge is 0.253 e. The number of nitrogens with one attached hydrogen (secondary N) is 1. The molecule has 0 saturated carbocycles. The Morgan fingerprint density at radius 2 is 1.83 bits per heavy atom. The van der Waals surface area contributed by atoms with Gasteiger partial charge in [-0.3, -0.25) is 4.79 Å². The van der Waals surface area contributed by atoms with E-state index in [0.29, 0.717) is 49.7 Å². The summed E-state index contributed by atoms with van der Waals surface area (Å²) >= 11 is 7.80. The van der Waals surface area contributed by atoms with Gasteiger partial charge in [0.25, 0.3) is 5.91 Å². The van der Waals surface area contributed by atoms with E-state index in [2.05, 4.69) is 11.9 Å². The van der Waals surface area contributed by atoms with Crippen molar-refractivity contribution < 1.29 is 14.3 Å². The minimum absolute atomic E-state index is 0.0304. The zero-order valence-corrected chi connectivity index (χ0v) is 17.4. The number of carbonyl (C=O) groups is 1. The van der Waals surface area contributed by atoms with Crippen LogP contribution in [0.4, 0.5) is 5.69 Å². The second-order valence-corrected chi connectivity index (χ2v) is 8.98. The molecular formula is C22H21ClN2O3S. The van der Waals surface area contributed by atoms with E-state index in [1.165, 1.54) is 0 Å². The highest BCUT2D eigenvalue weighted by molar-refractivity contribution is 7.99. The van der Waals surface area contributed by atoms with Gasteiger partial charge in [0.1, 0.15) is 0 Å². The molecule has 0 atom stereocenters. The average Bonchev–Trinajstić information content (AvgIpc) is 3.12. The molecule has 7 heteroatoms. The van der Waals surface area contributed by atoms with Gasteiger partial charge >= 0.3 is 0 Å². The average molecular weight is 429 g/mol. The Morgan fingerprint density at radius 3 is 2.59 bits per heavy atom. The molecule has 1 N–H and O–H groups in total. The molecule has 2 aromatic carbocycles. The lowest BCUT2D eigenvalue weighted by molar-refractivity contribution is -0.181. The summed E-state index contributed by atoms with van der Waals surface area (Å²) in [6.07, 6.45) is 1.43. The number of anilines is 1.